The smallest absolute Gasteiger partial charge is 0.242 e. The maximum Gasteiger partial charge on any atom is 0.242 e. The molecule has 3 heterocycles. The predicted octanol–water partition coefficient (Wildman–Crippen LogP) is 4.37. The third kappa shape index (κ3) is 7.24. The van der Waals surface area contributed by atoms with Crippen LogP contribution in [0.1, 0.15) is 55.2 Å². The average Bonchev–Trinajstić information content (AvgIpc) is 3.73. The second-order valence-electron chi connectivity index (χ2n) is 13.2. The lowest BCUT2D eigenvalue weighted by Gasteiger charge is -2.38. The Bertz CT molecular complexity index is 1400. The van der Waals surface area contributed by atoms with Gasteiger partial charge in [0.15, 0.2) is 0 Å². The van der Waals surface area contributed by atoms with Crippen molar-refractivity contribution in [3.63, 3.8) is 0 Å². The van der Waals surface area contributed by atoms with E-state index in [0.717, 1.165) is 49.0 Å². The first-order chi connectivity index (χ1) is 22.7. The highest BCUT2D eigenvalue weighted by Crippen LogP contribution is 2.43. The van der Waals surface area contributed by atoms with Crippen molar-refractivity contribution in [3.05, 3.63) is 107 Å². The van der Waals surface area contributed by atoms with E-state index in [2.05, 4.69) is 10.6 Å². The Kier molecular flexibility index (Phi) is 10.3. The quantitative estimate of drug-likeness (QED) is 0.285. The third-order valence-electron chi connectivity index (χ3n) is 10.3. The Morgan fingerprint density at radius 2 is 1.34 bits per heavy atom. The first kappa shape index (κ1) is 33.2. The number of aliphatic hydroxyl groups excluding tert-OH is 1. The van der Waals surface area contributed by atoms with Crippen LogP contribution >= 0.6 is 0 Å². The first-order valence-electron chi connectivity index (χ1n) is 16.7. The summed E-state index contributed by atoms with van der Waals surface area (Å²) in [7, 11) is 0. The molecule has 0 aromatic heterocycles. The molecular weight excluding hydrogens is 605 g/mol. The van der Waals surface area contributed by atoms with Gasteiger partial charge in [0.05, 0.1) is 12.1 Å². The lowest BCUT2D eigenvalue weighted by molar-refractivity contribution is -0.142. The van der Waals surface area contributed by atoms with Crippen molar-refractivity contribution in [1.82, 2.24) is 20.4 Å². The summed E-state index contributed by atoms with van der Waals surface area (Å²) < 4.78 is 42.5. The molecule has 3 aromatic carbocycles. The van der Waals surface area contributed by atoms with E-state index >= 15 is 0 Å². The van der Waals surface area contributed by atoms with Crippen molar-refractivity contribution in [2.75, 3.05) is 39.3 Å². The molecule has 3 saturated heterocycles. The number of hydrogen-bond acceptors (Lipinski definition) is 5. The zero-order chi connectivity index (χ0) is 33.0. The van der Waals surface area contributed by atoms with Gasteiger partial charge in [0.2, 0.25) is 11.8 Å². The minimum absolute atomic E-state index is 0.123. The summed E-state index contributed by atoms with van der Waals surface area (Å²) in [4.78, 5) is 31.1. The fraction of sp³-hybridized carbons (Fsp3) is 0.459. The number of likely N-dealkylation sites (tertiary alicyclic amines) is 2. The van der Waals surface area contributed by atoms with Gasteiger partial charge in [-0.3, -0.25) is 14.5 Å². The topological polar surface area (TPSA) is 84.9 Å². The molecule has 0 bridgehead atoms. The van der Waals surface area contributed by atoms with Crippen molar-refractivity contribution in [2.24, 2.45) is 5.92 Å². The van der Waals surface area contributed by atoms with Crippen molar-refractivity contribution >= 4 is 11.8 Å². The molecule has 0 spiro atoms. The van der Waals surface area contributed by atoms with Crippen molar-refractivity contribution in [3.8, 4) is 0 Å². The number of hydrogen-bond donors (Lipinski definition) is 3. The maximum atomic E-state index is 14.2. The van der Waals surface area contributed by atoms with Gasteiger partial charge in [0.25, 0.3) is 0 Å². The summed E-state index contributed by atoms with van der Waals surface area (Å²) in [5, 5.41) is 17.2. The molecule has 10 heteroatoms. The summed E-state index contributed by atoms with van der Waals surface area (Å²) in [6.07, 6.45) is 3.24. The normalized spacial score (nSPS) is 22.5. The van der Waals surface area contributed by atoms with Gasteiger partial charge in [0.1, 0.15) is 23.5 Å². The molecule has 47 heavy (non-hydrogen) atoms. The van der Waals surface area contributed by atoms with E-state index in [1.165, 1.54) is 36.4 Å². The zero-order valence-corrected chi connectivity index (χ0v) is 26.5. The summed E-state index contributed by atoms with van der Waals surface area (Å²) in [6.45, 7) is 3.59. The number of piperidine rings is 1. The maximum absolute atomic E-state index is 14.2. The first-order valence-corrected chi connectivity index (χ1v) is 16.7. The zero-order valence-electron chi connectivity index (χ0n) is 26.5. The largest absolute Gasteiger partial charge is 0.392 e. The molecule has 3 atom stereocenters. The molecule has 2 amide bonds. The highest BCUT2D eigenvalue weighted by atomic mass is 19.1. The average molecular weight is 649 g/mol. The Balaban J connectivity index is 1.26. The van der Waals surface area contributed by atoms with Crippen LogP contribution in [0, 0.1) is 23.4 Å². The lowest BCUT2D eigenvalue weighted by atomic mass is 9.67. The van der Waals surface area contributed by atoms with E-state index in [4.69, 9.17) is 0 Å². The van der Waals surface area contributed by atoms with Gasteiger partial charge >= 0.3 is 0 Å². The molecule has 3 N–H and O–H groups in total. The molecule has 0 unspecified atom stereocenters. The van der Waals surface area contributed by atoms with Crippen LogP contribution in [0.4, 0.5) is 13.2 Å². The van der Waals surface area contributed by atoms with Crippen LogP contribution in [-0.2, 0) is 15.0 Å². The van der Waals surface area contributed by atoms with E-state index in [0.29, 0.717) is 38.4 Å². The van der Waals surface area contributed by atoms with Crippen LogP contribution in [0.15, 0.2) is 72.8 Å². The Morgan fingerprint density at radius 3 is 1.87 bits per heavy atom. The van der Waals surface area contributed by atoms with Gasteiger partial charge in [-0.05, 0) is 111 Å². The predicted molar refractivity (Wildman–Crippen MR) is 173 cm³/mol. The molecule has 3 aromatic rings. The van der Waals surface area contributed by atoms with Crippen LogP contribution in [-0.4, -0.2) is 84.2 Å². The minimum atomic E-state index is -0.957. The van der Waals surface area contributed by atoms with Crippen molar-refractivity contribution < 1.29 is 27.9 Å². The number of halogens is 3. The van der Waals surface area contributed by atoms with Crippen LogP contribution in [0.3, 0.4) is 0 Å². The molecule has 7 nitrogen and oxygen atoms in total. The molecule has 0 saturated carbocycles. The highest BCUT2D eigenvalue weighted by Gasteiger charge is 2.44. The monoisotopic (exact) mass is 648 g/mol. The number of nitrogens with zero attached hydrogens (tertiary/aromatic N) is 2. The van der Waals surface area contributed by atoms with E-state index in [-0.39, 0.29) is 24.8 Å². The van der Waals surface area contributed by atoms with Gasteiger partial charge in [-0.1, -0.05) is 36.4 Å². The van der Waals surface area contributed by atoms with Crippen molar-refractivity contribution in [2.45, 2.75) is 62.1 Å². The number of carbonyl (C=O) groups excluding carboxylic acids is 2. The van der Waals surface area contributed by atoms with Gasteiger partial charge in [0, 0.05) is 31.6 Å². The van der Waals surface area contributed by atoms with Gasteiger partial charge < -0.3 is 20.6 Å². The fourth-order valence-corrected chi connectivity index (χ4v) is 7.77. The standard InChI is InChI=1S/C37H43F3N4O3/c38-29-9-3-26(4-10-29)37(27-5-11-30(39)12-6-27,28-7-13-31(40)14-8-28)17-21-43-24-32(45)22-34(43)36(47)44-20-1-2-33(44)35(46)42-23-25-15-18-41-19-16-25/h3-14,25,32-34,41,45H,1-2,15-24H2,(H,42,46)/t32-,33-,34+/m1/s1. The van der Waals surface area contributed by atoms with Crippen LogP contribution < -0.4 is 10.6 Å². The highest BCUT2D eigenvalue weighted by molar-refractivity contribution is 5.90. The van der Waals surface area contributed by atoms with E-state index in [1.54, 1.807) is 41.3 Å². The summed E-state index contributed by atoms with van der Waals surface area (Å²) >= 11 is 0. The number of β-amino-alcohol motifs (C(OH)–C–C–N with tert-alkyl or cyclic N) is 1. The molecule has 0 radical (unpaired) electrons. The minimum Gasteiger partial charge on any atom is -0.392 e. The Morgan fingerprint density at radius 1 is 0.809 bits per heavy atom. The van der Waals surface area contributed by atoms with Crippen molar-refractivity contribution in [1.29, 1.82) is 0 Å². The third-order valence-corrected chi connectivity index (χ3v) is 10.3. The van der Waals surface area contributed by atoms with E-state index in [9.17, 15) is 27.9 Å². The molecular formula is C37H43F3N4O3. The van der Waals surface area contributed by atoms with Gasteiger partial charge in [-0.15, -0.1) is 0 Å². The number of aliphatic hydroxyl groups is 1. The molecule has 3 fully saturated rings. The van der Waals surface area contributed by atoms with Gasteiger partial charge in [-0.25, -0.2) is 13.2 Å². The number of rotatable bonds is 10. The number of amides is 2. The Hall–Kier alpha value is -3.73. The number of nitrogens with one attached hydrogen (secondary N) is 2. The molecule has 3 aliphatic heterocycles. The second-order valence-corrected chi connectivity index (χ2v) is 13.2. The summed E-state index contributed by atoms with van der Waals surface area (Å²) in [5.74, 6) is -1.09. The molecule has 0 aliphatic carbocycles. The van der Waals surface area contributed by atoms with E-state index < -0.39 is 41.1 Å². The van der Waals surface area contributed by atoms with Crippen LogP contribution in [0.2, 0.25) is 0 Å². The molecule has 250 valence electrons. The van der Waals surface area contributed by atoms with Crippen LogP contribution in [0.5, 0.6) is 0 Å². The summed E-state index contributed by atoms with van der Waals surface area (Å²) in [5.41, 5.74) is 1.22. The van der Waals surface area contributed by atoms with Crippen LogP contribution in [0.25, 0.3) is 0 Å². The fourth-order valence-electron chi connectivity index (χ4n) is 7.77. The SMILES string of the molecule is O=C(NCC1CCNCC1)[C@H]1CCCN1C(=O)[C@@H]1C[C@@H](O)CN1CCC(c1ccc(F)cc1)(c1ccc(F)cc1)c1ccc(F)cc1. The van der Waals surface area contributed by atoms with Gasteiger partial charge in [-0.2, -0.15) is 0 Å². The summed E-state index contributed by atoms with van der Waals surface area (Å²) in [6, 6.07) is 17.1. The van der Waals surface area contributed by atoms with E-state index in [1.807, 2.05) is 4.90 Å². The number of benzene rings is 3. The number of carbonyl (C=O) groups is 2. The lowest BCUT2D eigenvalue weighted by Crippen LogP contribution is -2.53. The molecule has 3 aliphatic rings. The second kappa shape index (κ2) is 14.6. The Labute approximate surface area is 274 Å². The molecule has 6 rings (SSSR count).